The van der Waals surface area contributed by atoms with E-state index in [0.29, 0.717) is 94.1 Å². The lowest BCUT2D eigenvalue weighted by molar-refractivity contribution is -0.120. The van der Waals surface area contributed by atoms with E-state index < -0.39 is 25.5 Å². The lowest BCUT2D eigenvalue weighted by Gasteiger charge is -2.47. The second-order valence-electron chi connectivity index (χ2n) is 29.8. The first-order chi connectivity index (χ1) is 44.4. The van der Waals surface area contributed by atoms with Crippen molar-refractivity contribution < 1.29 is 42.5 Å². The van der Waals surface area contributed by atoms with Gasteiger partial charge in [-0.2, -0.15) is 9.97 Å². The van der Waals surface area contributed by atoms with Crippen molar-refractivity contribution in [3.63, 3.8) is 0 Å². The van der Waals surface area contributed by atoms with Crippen molar-refractivity contribution in [3.05, 3.63) is 76.7 Å². The van der Waals surface area contributed by atoms with E-state index >= 15 is 4.39 Å². The topological polar surface area (TPSA) is 175 Å². The molecule has 2 aromatic heterocycles. The Labute approximate surface area is 553 Å². The fourth-order valence-corrected chi connectivity index (χ4v) is 21.8. The molecule has 5 amide bonds. The number of imide groups is 1. The van der Waals surface area contributed by atoms with Crippen LogP contribution in [0, 0.1) is 34.0 Å². The third kappa shape index (κ3) is 13.9. The number of hydrogen-bond donors (Lipinski definition) is 1. The van der Waals surface area contributed by atoms with Crippen LogP contribution in [-0.4, -0.2) is 177 Å². The van der Waals surface area contributed by atoms with E-state index in [1.165, 1.54) is 30.6 Å². The lowest BCUT2D eigenvalue weighted by atomic mass is 9.65. The van der Waals surface area contributed by atoms with Gasteiger partial charge in [0.2, 0.25) is 5.91 Å². The Morgan fingerprint density at radius 2 is 1.52 bits per heavy atom. The second-order valence-corrected chi connectivity index (χ2v) is 35.8. The first-order valence-corrected chi connectivity index (χ1v) is 36.7. The Morgan fingerprint density at radius 3 is 2.16 bits per heavy atom. The summed E-state index contributed by atoms with van der Waals surface area (Å²) < 4.78 is 42.4. The summed E-state index contributed by atoms with van der Waals surface area (Å²) in [7, 11) is -0.597. The Hall–Kier alpha value is -6.63. The molecule has 21 heteroatoms. The standard InChI is InChI=1S/C72H94ClFN10O8Si/c1-46(2)93(47(3)4,48(5)6)35-21-50-12-11-13-51-36-55(91-45-89-10)38-56(61(50)51)63-62(74)64-57(39-75-63)65(82-41-53-15-16-54(42-82)84(53)69(88)92-70(7,8)9)78-67(77-64)90-44-72(24-25-72)43-80-33-31-79(32-34-80)40-49-18-22-71(23-19-49)26-29-81(30-27-71)66(86)52-14-17-58(73)59(37-52)83-28-20-60(85)76-68(83)87/h11-14,17,36-39,46-49,53-54H,15-16,18-20,22-34,40-45H2,1-10H3,(H,76,85,87). The molecule has 18 nitrogen and oxygen atoms in total. The summed E-state index contributed by atoms with van der Waals surface area (Å²) in [5, 5.41) is 4.79. The van der Waals surface area contributed by atoms with E-state index in [2.05, 4.69) is 73.0 Å². The van der Waals surface area contributed by atoms with Crippen LogP contribution < -0.4 is 24.6 Å². The van der Waals surface area contributed by atoms with Crippen LogP contribution in [0.25, 0.3) is 32.9 Å². The number of methoxy groups -OCH3 is 1. The summed E-state index contributed by atoms with van der Waals surface area (Å²) in [6.07, 6.45) is 11.9. The van der Waals surface area contributed by atoms with Gasteiger partial charge in [0.15, 0.2) is 12.6 Å². The first kappa shape index (κ1) is 66.4. The number of benzene rings is 3. The minimum absolute atomic E-state index is 0.00604. The van der Waals surface area contributed by atoms with Crippen LogP contribution >= 0.6 is 11.6 Å². The van der Waals surface area contributed by atoms with Crippen molar-refractivity contribution >= 4 is 76.8 Å². The molecule has 2 saturated carbocycles. The quantitative estimate of drug-likeness (QED) is 0.0529. The monoisotopic (exact) mass is 1310 g/mol. The van der Waals surface area contributed by atoms with Gasteiger partial charge in [-0.15, -0.1) is 5.54 Å². The minimum atomic E-state index is -2.17. The van der Waals surface area contributed by atoms with Gasteiger partial charge in [-0.1, -0.05) is 71.2 Å². The third-order valence-corrected chi connectivity index (χ3v) is 28.3. The van der Waals surface area contributed by atoms with Crippen molar-refractivity contribution in [1.29, 1.82) is 0 Å². The Balaban J connectivity index is 0.729. The number of amides is 5. The van der Waals surface area contributed by atoms with Gasteiger partial charge in [0.25, 0.3) is 5.91 Å². The number of fused-ring (bicyclic) bond motifs is 4. The predicted octanol–water partition coefficient (Wildman–Crippen LogP) is 13.1. The van der Waals surface area contributed by atoms with Gasteiger partial charge >= 0.3 is 18.1 Å². The van der Waals surface area contributed by atoms with Gasteiger partial charge in [-0.3, -0.25) is 29.7 Å². The number of piperidine rings is 1. The molecule has 5 saturated heterocycles. The van der Waals surface area contributed by atoms with Gasteiger partial charge in [0, 0.05) is 119 Å². The zero-order chi connectivity index (χ0) is 65.7. The number of nitrogens with zero attached hydrogens (tertiary/aromatic N) is 9. The lowest BCUT2D eigenvalue weighted by Crippen LogP contribution is -2.57. The van der Waals surface area contributed by atoms with Crippen LogP contribution in [0.3, 0.4) is 0 Å². The number of halogens is 2. The molecule has 2 bridgehead atoms. The minimum Gasteiger partial charge on any atom is -0.468 e. The van der Waals surface area contributed by atoms with Crippen LogP contribution in [0.5, 0.6) is 11.8 Å². The van der Waals surface area contributed by atoms with Gasteiger partial charge in [-0.25, -0.2) is 14.0 Å². The molecule has 5 aliphatic heterocycles. The highest BCUT2D eigenvalue weighted by Gasteiger charge is 2.48. The van der Waals surface area contributed by atoms with Crippen molar-refractivity contribution in [2.24, 2.45) is 16.7 Å². The molecule has 5 aromatic rings. The number of hydrogen-bond acceptors (Lipinski definition) is 14. The number of aromatic nitrogens is 3. The maximum absolute atomic E-state index is 18.3. The van der Waals surface area contributed by atoms with Crippen LogP contribution in [0.2, 0.25) is 21.6 Å². The van der Waals surface area contributed by atoms with Gasteiger partial charge in [0.05, 0.1) is 34.8 Å². The summed E-state index contributed by atoms with van der Waals surface area (Å²) >= 11 is 6.51. The molecule has 498 valence electrons. The van der Waals surface area contributed by atoms with Crippen molar-refractivity contribution in [2.45, 2.75) is 167 Å². The Kier molecular flexibility index (Phi) is 19.2. The van der Waals surface area contributed by atoms with Crippen LogP contribution in [-0.2, 0) is 14.3 Å². The summed E-state index contributed by atoms with van der Waals surface area (Å²) in [5.74, 6) is 4.40. The maximum atomic E-state index is 18.3. The van der Waals surface area contributed by atoms with Crippen molar-refractivity contribution in [2.75, 3.05) is 102 Å². The molecule has 2 atom stereocenters. The zero-order valence-corrected chi connectivity index (χ0v) is 57.9. The van der Waals surface area contributed by atoms with E-state index in [0.717, 1.165) is 94.1 Å². The second kappa shape index (κ2) is 26.9. The predicted molar refractivity (Wildman–Crippen MR) is 364 cm³/mol. The third-order valence-electron chi connectivity index (χ3n) is 21.7. The molecule has 0 radical (unpaired) electrons. The van der Waals surface area contributed by atoms with E-state index in [9.17, 15) is 19.2 Å². The number of carbonyl (C=O) groups is 4. The smallest absolute Gasteiger partial charge is 0.410 e. The average molecular weight is 1310 g/mol. The Morgan fingerprint density at radius 1 is 0.828 bits per heavy atom. The highest BCUT2D eigenvalue weighted by Crippen LogP contribution is 2.50. The number of carbonyl (C=O) groups excluding carboxylic acids is 4. The van der Waals surface area contributed by atoms with E-state index in [4.69, 9.17) is 45.5 Å². The molecule has 2 aliphatic carbocycles. The fourth-order valence-electron chi connectivity index (χ4n) is 16.4. The molecule has 93 heavy (non-hydrogen) atoms. The fraction of sp³-hybridized carbons (Fsp3) is 0.597. The molecule has 3 aromatic carbocycles. The van der Waals surface area contributed by atoms with Crippen LogP contribution in [0.4, 0.5) is 25.5 Å². The summed E-state index contributed by atoms with van der Waals surface area (Å²) in [4.78, 5) is 79.7. The molecule has 7 heterocycles. The maximum Gasteiger partial charge on any atom is 0.410 e. The number of piperazine rings is 2. The summed E-state index contributed by atoms with van der Waals surface area (Å²) in [6.45, 7) is 28.5. The van der Waals surface area contributed by atoms with E-state index in [1.807, 2.05) is 60.9 Å². The number of ether oxygens (including phenoxy) is 4. The van der Waals surface area contributed by atoms with Gasteiger partial charge in [-0.05, 0) is 155 Å². The number of pyridine rings is 1. The van der Waals surface area contributed by atoms with Gasteiger partial charge < -0.3 is 38.5 Å². The summed E-state index contributed by atoms with van der Waals surface area (Å²) in [5.41, 5.74) is 7.21. The molecule has 7 aliphatic rings. The largest absolute Gasteiger partial charge is 0.468 e. The first-order valence-electron chi connectivity index (χ1n) is 34.1. The van der Waals surface area contributed by atoms with Crippen LogP contribution in [0.15, 0.2) is 54.7 Å². The highest BCUT2D eigenvalue weighted by molar-refractivity contribution is 6.90. The normalized spacial score (nSPS) is 21.3. The molecular formula is C72H94ClFN10O8Si. The molecule has 7 fully saturated rings. The van der Waals surface area contributed by atoms with E-state index in [1.54, 1.807) is 31.5 Å². The van der Waals surface area contributed by atoms with Gasteiger partial charge in [0.1, 0.15) is 36.5 Å². The molecular weight excluding hydrogens is 1220 g/mol. The number of urea groups is 1. The number of anilines is 2. The average Bonchev–Trinajstić information content (AvgIpc) is 1.41. The number of rotatable bonds is 17. The molecule has 1 N–H and O–H groups in total. The zero-order valence-electron chi connectivity index (χ0n) is 56.2. The summed E-state index contributed by atoms with van der Waals surface area (Å²) in [6, 6.07) is 14.2. The number of nitrogens with one attached hydrogen (secondary N) is 1. The molecule has 2 unspecified atom stereocenters. The van der Waals surface area contributed by atoms with Crippen molar-refractivity contribution in [1.82, 2.24) is 39.9 Å². The van der Waals surface area contributed by atoms with E-state index in [-0.39, 0.29) is 77.8 Å². The molecule has 12 rings (SSSR count). The molecule has 1 spiro atoms. The highest BCUT2D eigenvalue weighted by atomic mass is 35.5. The SMILES string of the molecule is COCOc1cc(-c2ncc3c(N4CC5CCC(C4)N5C(=O)OC(C)(C)C)nc(OCC4(CN5CCN(CC6CCC7(CC6)CCN(C(=O)c6ccc(Cl)c(N8CCC(=O)NC8=O)c6)CC7)CC5)CC4)nc3c2F)c2c(C#C[Si](C(C)C)(C(C)C)C(C)C)cccc2c1. The Bertz CT molecular complexity index is 3670. The van der Waals surface area contributed by atoms with Crippen molar-refractivity contribution in [3.8, 4) is 34.5 Å². The number of likely N-dealkylation sites (tertiary alicyclic amines) is 1. The van der Waals surface area contributed by atoms with Crippen LogP contribution in [0.1, 0.15) is 149 Å².